The van der Waals surface area contributed by atoms with Gasteiger partial charge in [0.1, 0.15) is 5.82 Å². The van der Waals surface area contributed by atoms with E-state index in [9.17, 15) is 14.0 Å². The van der Waals surface area contributed by atoms with Crippen LogP contribution < -0.4 is 10.9 Å². The van der Waals surface area contributed by atoms with Gasteiger partial charge in [-0.25, -0.2) is 9.37 Å². The maximum absolute atomic E-state index is 13.0. The number of carbonyl (C=O) groups excluding carboxylic acids is 1. The van der Waals surface area contributed by atoms with Gasteiger partial charge in [0.2, 0.25) is 11.9 Å². The minimum Gasteiger partial charge on any atom is -0.347 e. The minimum absolute atomic E-state index is 0.0164. The molecule has 1 fully saturated rings. The van der Waals surface area contributed by atoms with Crippen LogP contribution in [0.3, 0.4) is 0 Å². The van der Waals surface area contributed by atoms with Gasteiger partial charge < -0.3 is 10.2 Å². The molecule has 0 bridgehead atoms. The van der Waals surface area contributed by atoms with Crippen molar-refractivity contribution < 1.29 is 9.18 Å². The van der Waals surface area contributed by atoms with Crippen molar-refractivity contribution >= 4 is 11.9 Å². The molecule has 0 radical (unpaired) electrons. The van der Waals surface area contributed by atoms with E-state index in [-0.39, 0.29) is 29.8 Å². The SMILES string of the molecule is O=C(CNc1nc(-c2ccc(F)cc2)cc(=O)[nH]1)N1CCCC1. The molecule has 0 saturated carbocycles. The van der Waals surface area contributed by atoms with Crippen LogP contribution in [0.4, 0.5) is 10.3 Å². The van der Waals surface area contributed by atoms with Crippen LogP contribution in [-0.4, -0.2) is 40.4 Å². The molecule has 1 aromatic carbocycles. The van der Waals surface area contributed by atoms with Gasteiger partial charge in [0, 0.05) is 24.7 Å². The molecule has 7 heteroatoms. The summed E-state index contributed by atoms with van der Waals surface area (Å²) in [6.45, 7) is 1.63. The Morgan fingerprint density at radius 1 is 1.26 bits per heavy atom. The van der Waals surface area contributed by atoms with Crippen molar-refractivity contribution in [3.05, 3.63) is 46.5 Å². The molecule has 0 unspecified atom stereocenters. The predicted octanol–water partition coefficient (Wildman–Crippen LogP) is 1.61. The van der Waals surface area contributed by atoms with Gasteiger partial charge >= 0.3 is 0 Å². The monoisotopic (exact) mass is 316 g/mol. The Morgan fingerprint density at radius 2 is 1.96 bits per heavy atom. The zero-order valence-electron chi connectivity index (χ0n) is 12.5. The maximum Gasteiger partial charge on any atom is 0.252 e. The zero-order valence-corrected chi connectivity index (χ0v) is 12.5. The van der Waals surface area contributed by atoms with Gasteiger partial charge in [-0.15, -0.1) is 0 Å². The molecule has 0 aliphatic carbocycles. The Morgan fingerprint density at radius 3 is 2.65 bits per heavy atom. The first kappa shape index (κ1) is 15.2. The molecular formula is C16H17FN4O2. The molecule has 1 aliphatic heterocycles. The first-order chi connectivity index (χ1) is 11.1. The molecule has 1 aromatic heterocycles. The highest BCUT2D eigenvalue weighted by Gasteiger charge is 2.17. The van der Waals surface area contributed by atoms with Crippen molar-refractivity contribution in [1.82, 2.24) is 14.9 Å². The van der Waals surface area contributed by atoms with Gasteiger partial charge in [-0.2, -0.15) is 0 Å². The summed E-state index contributed by atoms with van der Waals surface area (Å²) in [6.07, 6.45) is 2.06. The number of likely N-dealkylation sites (tertiary alicyclic amines) is 1. The molecule has 3 rings (SSSR count). The van der Waals surface area contributed by atoms with Crippen LogP contribution in [0.1, 0.15) is 12.8 Å². The molecule has 1 amide bonds. The number of aromatic nitrogens is 2. The van der Waals surface area contributed by atoms with Crippen LogP contribution in [0.15, 0.2) is 35.1 Å². The predicted molar refractivity (Wildman–Crippen MR) is 84.6 cm³/mol. The number of anilines is 1. The highest BCUT2D eigenvalue weighted by Crippen LogP contribution is 2.16. The third-order valence-electron chi connectivity index (χ3n) is 3.75. The molecule has 1 saturated heterocycles. The number of aromatic amines is 1. The fourth-order valence-corrected chi connectivity index (χ4v) is 2.55. The molecule has 0 spiro atoms. The van der Waals surface area contributed by atoms with E-state index in [4.69, 9.17) is 0 Å². The number of hydrogen-bond acceptors (Lipinski definition) is 4. The van der Waals surface area contributed by atoms with Gasteiger partial charge in [0.25, 0.3) is 5.56 Å². The lowest BCUT2D eigenvalue weighted by atomic mass is 10.1. The van der Waals surface area contributed by atoms with Crippen LogP contribution in [0.25, 0.3) is 11.3 Å². The van der Waals surface area contributed by atoms with Gasteiger partial charge in [-0.3, -0.25) is 14.6 Å². The average Bonchev–Trinajstić information content (AvgIpc) is 3.07. The molecule has 6 nitrogen and oxygen atoms in total. The topological polar surface area (TPSA) is 78.1 Å². The number of halogens is 1. The summed E-state index contributed by atoms with van der Waals surface area (Å²) in [5.41, 5.74) is 0.715. The number of carbonyl (C=O) groups is 1. The lowest BCUT2D eigenvalue weighted by Gasteiger charge is -2.15. The summed E-state index contributed by atoms with van der Waals surface area (Å²) in [6, 6.07) is 7.05. The second-order valence-corrected chi connectivity index (χ2v) is 5.43. The van der Waals surface area contributed by atoms with Gasteiger partial charge in [-0.1, -0.05) is 0 Å². The molecule has 2 aromatic rings. The molecule has 1 aliphatic rings. The number of amides is 1. The molecule has 2 N–H and O–H groups in total. The van der Waals surface area contributed by atoms with Crippen molar-refractivity contribution in [1.29, 1.82) is 0 Å². The van der Waals surface area contributed by atoms with Crippen molar-refractivity contribution in [2.45, 2.75) is 12.8 Å². The number of hydrogen-bond donors (Lipinski definition) is 2. The van der Waals surface area contributed by atoms with Crippen molar-refractivity contribution in [2.75, 3.05) is 25.0 Å². The number of rotatable bonds is 4. The Balaban J connectivity index is 1.73. The van der Waals surface area contributed by atoms with Crippen LogP contribution in [0.5, 0.6) is 0 Å². The molecule has 2 heterocycles. The fourth-order valence-electron chi connectivity index (χ4n) is 2.55. The second kappa shape index (κ2) is 6.60. The van der Waals surface area contributed by atoms with Crippen LogP contribution in [0, 0.1) is 5.82 Å². The van der Waals surface area contributed by atoms with E-state index in [1.54, 1.807) is 17.0 Å². The van der Waals surface area contributed by atoms with E-state index < -0.39 is 0 Å². The normalized spacial score (nSPS) is 14.0. The standard InChI is InChI=1S/C16H17FN4O2/c17-12-5-3-11(4-6-12)13-9-14(22)20-16(19-13)18-10-15(23)21-7-1-2-8-21/h3-6,9H,1-2,7-8,10H2,(H2,18,19,20,22). The summed E-state index contributed by atoms with van der Waals surface area (Å²) >= 11 is 0. The number of H-pyrrole nitrogens is 1. The summed E-state index contributed by atoms with van der Waals surface area (Å²) in [5, 5.41) is 2.85. The second-order valence-electron chi connectivity index (χ2n) is 5.43. The van der Waals surface area contributed by atoms with Crippen LogP contribution in [-0.2, 0) is 4.79 Å². The number of nitrogens with one attached hydrogen (secondary N) is 2. The third-order valence-corrected chi connectivity index (χ3v) is 3.75. The summed E-state index contributed by atoms with van der Waals surface area (Å²) in [7, 11) is 0. The molecule has 23 heavy (non-hydrogen) atoms. The van der Waals surface area contributed by atoms with E-state index in [1.165, 1.54) is 18.2 Å². The van der Waals surface area contributed by atoms with Crippen LogP contribution in [0.2, 0.25) is 0 Å². The van der Waals surface area contributed by atoms with E-state index in [0.717, 1.165) is 25.9 Å². The largest absolute Gasteiger partial charge is 0.347 e. The van der Waals surface area contributed by atoms with Gasteiger partial charge in [0.15, 0.2) is 0 Å². The average molecular weight is 316 g/mol. The number of benzene rings is 1. The lowest BCUT2D eigenvalue weighted by Crippen LogP contribution is -2.33. The summed E-state index contributed by atoms with van der Waals surface area (Å²) in [5.74, 6) is -0.144. The van der Waals surface area contributed by atoms with Crippen molar-refractivity contribution in [3.8, 4) is 11.3 Å². The Hall–Kier alpha value is -2.70. The van der Waals surface area contributed by atoms with E-state index >= 15 is 0 Å². The highest BCUT2D eigenvalue weighted by molar-refractivity contribution is 5.80. The van der Waals surface area contributed by atoms with Crippen LogP contribution >= 0.6 is 0 Å². The van der Waals surface area contributed by atoms with Gasteiger partial charge in [-0.05, 0) is 37.1 Å². The Bertz CT molecular complexity index is 751. The smallest absolute Gasteiger partial charge is 0.252 e. The first-order valence-corrected chi connectivity index (χ1v) is 7.51. The van der Waals surface area contributed by atoms with E-state index in [2.05, 4.69) is 15.3 Å². The lowest BCUT2D eigenvalue weighted by molar-refractivity contribution is -0.128. The van der Waals surface area contributed by atoms with Crippen molar-refractivity contribution in [3.63, 3.8) is 0 Å². The molecule has 0 atom stereocenters. The van der Waals surface area contributed by atoms with Crippen molar-refractivity contribution in [2.24, 2.45) is 0 Å². The van der Waals surface area contributed by atoms with E-state index in [1.807, 2.05) is 0 Å². The van der Waals surface area contributed by atoms with Gasteiger partial charge in [0.05, 0.1) is 12.2 Å². The Labute approximate surface area is 132 Å². The maximum atomic E-state index is 13.0. The summed E-state index contributed by atoms with van der Waals surface area (Å²) < 4.78 is 13.0. The Kier molecular flexibility index (Phi) is 4.36. The minimum atomic E-state index is -0.354. The number of nitrogens with zero attached hydrogens (tertiary/aromatic N) is 2. The fraction of sp³-hybridized carbons (Fsp3) is 0.312. The van der Waals surface area contributed by atoms with E-state index in [0.29, 0.717) is 11.3 Å². The molecular weight excluding hydrogens is 299 g/mol. The molecule has 120 valence electrons. The summed E-state index contributed by atoms with van der Waals surface area (Å²) in [4.78, 5) is 32.4. The first-order valence-electron chi connectivity index (χ1n) is 7.51. The zero-order chi connectivity index (χ0) is 16.2. The third kappa shape index (κ3) is 3.74. The highest BCUT2D eigenvalue weighted by atomic mass is 19.1. The quantitative estimate of drug-likeness (QED) is 0.898.